The zero-order chi connectivity index (χ0) is 19.3. The van der Waals surface area contributed by atoms with Crippen LogP contribution in [0, 0.1) is 0 Å². The number of aromatic nitrogens is 1. The van der Waals surface area contributed by atoms with Gasteiger partial charge in [0.25, 0.3) is 11.8 Å². The van der Waals surface area contributed by atoms with Crippen LogP contribution in [0.4, 0.5) is 0 Å². The Kier molecular flexibility index (Phi) is 5.34. The molecule has 0 spiro atoms. The maximum atomic E-state index is 12.7. The van der Waals surface area contributed by atoms with Gasteiger partial charge in [0.15, 0.2) is 5.76 Å². The lowest BCUT2D eigenvalue weighted by atomic mass is 10.2. The molecule has 0 bridgehead atoms. The van der Waals surface area contributed by atoms with Crippen LogP contribution in [0.3, 0.4) is 0 Å². The number of quaternary nitrogens is 1. The summed E-state index contributed by atoms with van der Waals surface area (Å²) >= 11 is 0. The zero-order valence-corrected chi connectivity index (χ0v) is 15.6. The number of piperazine rings is 1. The first-order chi connectivity index (χ1) is 13.7. The quantitative estimate of drug-likeness (QED) is 0.680. The third-order valence-electron chi connectivity index (χ3n) is 5.06. The fourth-order valence-electron chi connectivity index (χ4n) is 3.46. The van der Waals surface area contributed by atoms with Crippen molar-refractivity contribution in [1.82, 2.24) is 15.2 Å². The number of nitrogens with one attached hydrogen (secondary N) is 2. The van der Waals surface area contributed by atoms with Crippen molar-refractivity contribution < 1.29 is 18.9 Å². The van der Waals surface area contributed by atoms with Gasteiger partial charge < -0.3 is 19.5 Å². The predicted molar refractivity (Wildman–Crippen MR) is 104 cm³/mol. The van der Waals surface area contributed by atoms with E-state index in [9.17, 15) is 9.59 Å². The van der Waals surface area contributed by atoms with Crippen LogP contribution in [-0.2, 0) is 0 Å². The number of hydrogen-bond acceptors (Lipinski definition) is 4. The summed E-state index contributed by atoms with van der Waals surface area (Å²) in [7, 11) is 0. The Bertz CT molecular complexity index is 929. The zero-order valence-electron chi connectivity index (χ0n) is 15.6. The molecule has 1 aliphatic rings. The molecule has 2 amide bonds. The Labute approximate surface area is 162 Å². The molecule has 4 rings (SSSR count). The van der Waals surface area contributed by atoms with Gasteiger partial charge in [-0.1, -0.05) is 24.3 Å². The lowest BCUT2D eigenvalue weighted by Crippen LogP contribution is -3.15. The third kappa shape index (κ3) is 4.04. The van der Waals surface area contributed by atoms with Gasteiger partial charge in [0.1, 0.15) is 11.3 Å². The van der Waals surface area contributed by atoms with Crippen LogP contribution in [-0.4, -0.2) is 61.0 Å². The molecule has 3 aromatic rings. The molecule has 0 aliphatic carbocycles. The molecule has 0 saturated carbocycles. The number of para-hydroxylation sites is 1. The highest BCUT2D eigenvalue weighted by molar-refractivity contribution is 5.96. The van der Waals surface area contributed by atoms with Gasteiger partial charge in [-0.3, -0.25) is 14.6 Å². The van der Waals surface area contributed by atoms with Crippen LogP contribution in [0.25, 0.3) is 11.0 Å². The van der Waals surface area contributed by atoms with Gasteiger partial charge in [-0.05, 0) is 24.3 Å². The monoisotopic (exact) mass is 379 g/mol. The van der Waals surface area contributed by atoms with Crippen molar-refractivity contribution >= 4 is 22.8 Å². The van der Waals surface area contributed by atoms with Gasteiger partial charge in [0, 0.05) is 11.6 Å². The molecule has 144 valence electrons. The first-order valence-electron chi connectivity index (χ1n) is 9.51. The second kappa shape index (κ2) is 8.22. The van der Waals surface area contributed by atoms with E-state index in [0.717, 1.165) is 30.6 Å². The first kappa shape index (κ1) is 18.2. The second-order valence-electron chi connectivity index (χ2n) is 6.91. The van der Waals surface area contributed by atoms with Gasteiger partial charge in [0.05, 0.1) is 39.3 Å². The number of rotatable bonds is 5. The number of pyridine rings is 1. The Hall–Kier alpha value is -3.19. The molecule has 7 nitrogen and oxygen atoms in total. The Morgan fingerprint density at radius 1 is 1.11 bits per heavy atom. The number of furan rings is 1. The highest BCUT2D eigenvalue weighted by Crippen LogP contribution is 2.20. The van der Waals surface area contributed by atoms with E-state index < -0.39 is 0 Å². The van der Waals surface area contributed by atoms with Crippen molar-refractivity contribution in [2.75, 3.05) is 39.3 Å². The van der Waals surface area contributed by atoms with E-state index in [1.807, 2.05) is 35.2 Å². The summed E-state index contributed by atoms with van der Waals surface area (Å²) in [5.41, 5.74) is 1.16. The van der Waals surface area contributed by atoms with Crippen molar-refractivity contribution in [2.24, 2.45) is 0 Å². The average molecular weight is 379 g/mol. The van der Waals surface area contributed by atoms with Gasteiger partial charge in [0.2, 0.25) is 0 Å². The van der Waals surface area contributed by atoms with E-state index in [1.54, 1.807) is 24.4 Å². The number of nitrogens with zero attached hydrogens (tertiary/aromatic N) is 2. The van der Waals surface area contributed by atoms with E-state index in [-0.39, 0.29) is 11.8 Å². The average Bonchev–Trinajstić information content (AvgIpc) is 3.18. The summed E-state index contributed by atoms with van der Waals surface area (Å²) in [5, 5.41) is 3.85. The van der Waals surface area contributed by atoms with Crippen molar-refractivity contribution in [3.63, 3.8) is 0 Å². The first-order valence-corrected chi connectivity index (χ1v) is 9.51. The fourth-order valence-corrected chi connectivity index (χ4v) is 3.46. The molecular formula is C21H23N4O3+. The minimum Gasteiger partial charge on any atom is -0.451 e. The molecule has 1 saturated heterocycles. The lowest BCUT2D eigenvalue weighted by Gasteiger charge is -2.31. The topological polar surface area (TPSA) is 79.9 Å². The van der Waals surface area contributed by atoms with Crippen molar-refractivity contribution in [2.45, 2.75) is 0 Å². The van der Waals surface area contributed by atoms with Crippen molar-refractivity contribution in [3.8, 4) is 0 Å². The summed E-state index contributed by atoms with van der Waals surface area (Å²) in [6, 6.07) is 14.7. The second-order valence-corrected chi connectivity index (χ2v) is 6.91. The Morgan fingerprint density at radius 2 is 1.89 bits per heavy atom. The van der Waals surface area contributed by atoms with E-state index in [0.29, 0.717) is 31.1 Å². The SMILES string of the molecule is O=C(NCC[NH+]1CCN(C(=O)c2cc3ccccc3o2)CC1)c1ccccn1. The summed E-state index contributed by atoms with van der Waals surface area (Å²) in [4.78, 5) is 32.0. The van der Waals surface area contributed by atoms with Gasteiger partial charge in [-0.15, -0.1) is 0 Å². The van der Waals surface area contributed by atoms with Gasteiger partial charge in [-0.25, -0.2) is 0 Å². The number of carbonyl (C=O) groups excluding carboxylic acids is 2. The van der Waals surface area contributed by atoms with Crippen LogP contribution in [0.1, 0.15) is 21.0 Å². The van der Waals surface area contributed by atoms with Gasteiger partial charge in [-0.2, -0.15) is 0 Å². The summed E-state index contributed by atoms with van der Waals surface area (Å²) in [6.45, 7) is 4.48. The maximum absolute atomic E-state index is 12.7. The normalized spacial score (nSPS) is 14.9. The molecule has 1 aromatic carbocycles. The van der Waals surface area contributed by atoms with Crippen LogP contribution in [0.5, 0.6) is 0 Å². The van der Waals surface area contributed by atoms with Crippen LogP contribution >= 0.6 is 0 Å². The largest absolute Gasteiger partial charge is 0.451 e. The molecule has 0 unspecified atom stereocenters. The summed E-state index contributed by atoms with van der Waals surface area (Å²) in [6.07, 6.45) is 1.61. The van der Waals surface area contributed by atoms with E-state index >= 15 is 0 Å². The maximum Gasteiger partial charge on any atom is 0.290 e. The molecule has 28 heavy (non-hydrogen) atoms. The lowest BCUT2D eigenvalue weighted by molar-refractivity contribution is -0.902. The molecule has 1 fully saturated rings. The number of benzene rings is 1. The number of fused-ring (bicyclic) bond motifs is 1. The van der Waals surface area contributed by atoms with Crippen LogP contribution < -0.4 is 10.2 Å². The van der Waals surface area contributed by atoms with Gasteiger partial charge >= 0.3 is 0 Å². The van der Waals surface area contributed by atoms with E-state index in [1.165, 1.54) is 4.90 Å². The highest BCUT2D eigenvalue weighted by Gasteiger charge is 2.26. The molecule has 2 aromatic heterocycles. The third-order valence-corrected chi connectivity index (χ3v) is 5.06. The Morgan fingerprint density at radius 3 is 2.64 bits per heavy atom. The molecule has 0 radical (unpaired) electrons. The summed E-state index contributed by atoms with van der Waals surface area (Å²) < 4.78 is 5.69. The smallest absolute Gasteiger partial charge is 0.290 e. The number of hydrogen-bond donors (Lipinski definition) is 2. The number of carbonyl (C=O) groups is 2. The highest BCUT2D eigenvalue weighted by atomic mass is 16.3. The minimum atomic E-state index is -0.154. The molecule has 3 heterocycles. The fraction of sp³-hybridized carbons (Fsp3) is 0.286. The molecule has 2 N–H and O–H groups in total. The predicted octanol–water partition coefficient (Wildman–Crippen LogP) is 0.599. The number of amides is 2. The van der Waals surface area contributed by atoms with Crippen molar-refractivity contribution in [3.05, 3.63) is 66.2 Å². The molecular weight excluding hydrogens is 356 g/mol. The van der Waals surface area contributed by atoms with Crippen LogP contribution in [0.2, 0.25) is 0 Å². The van der Waals surface area contributed by atoms with E-state index in [4.69, 9.17) is 4.42 Å². The Balaban J connectivity index is 1.24. The molecule has 1 aliphatic heterocycles. The molecule has 7 heteroatoms. The minimum absolute atomic E-state index is 0.0568. The van der Waals surface area contributed by atoms with Crippen molar-refractivity contribution in [1.29, 1.82) is 0 Å². The molecule has 0 atom stereocenters. The summed E-state index contributed by atoms with van der Waals surface area (Å²) in [5.74, 6) is 0.185. The van der Waals surface area contributed by atoms with E-state index in [2.05, 4.69) is 10.3 Å². The standard InChI is InChI=1S/C21H22N4O3/c26-20(17-6-3-4-8-22-17)23-9-10-24-11-13-25(14-12-24)21(27)19-15-16-5-1-2-7-18(16)28-19/h1-8,15H,9-14H2,(H,23,26)/p+1. The van der Waals surface area contributed by atoms with Crippen LogP contribution in [0.15, 0.2) is 59.1 Å².